The fourth-order valence-electron chi connectivity index (χ4n) is 1.74. The number of nitrogens with one attached hydrogen (secondary N) is 1. The van der Waals surface area contributed by atoms with E-state index in [1.807, 2.05) is 6.92 Å². The van der Waals surface area contributed by atoms with Crippen molar-refractivity contribution in [3.8, 4) is 0 Å². The second-order valence-corrected chi connectivity index (χ2v) is 3.60. The Balaban J connectivity index is 2.57. The molecule has 1 N–H and O–H groups in total. The molecular formula is C10H10F3N. The molecule has 0 radical (unpaired) electrons. The Morgan fingerprint density at radius 2 is 1.93 bits per heavy atom. The van der Waals surface area contributed by atoms with E-state index in [4.69, 9.17) is 0 Å². The molecule has 0 aromatic heterocycles. The summed E-state index contributed by atoms with van der Waals surface area (Å²) in [7, 11) is 0. The van der Waals surface area contributed by atoms with E-state index >= 15 is 0 Å². The lowest BCUT2D eigenvalue weighted by molar-refractivity contribution is 0.435. The van der Waals surface area contributed by atoms with Gasteiger partial charge in [-0.15, -0.1) is 0 Å². The minimum absolute atomic E-state index is 0.0539. The average Bonchev–Trinajstić information content (AvgIpc) is 2.14. The molecule has 1 aliphatic rings. The summed E-state index contributed by atoms with van der Waals surface area (Å²) in [6, 6.07) is 0.657. The van der Waals surface area contributed by atoms with E-state index < -0.39 is 17.5 Å². The fourth-order valence-corrected chi connectivity index (χ4v) is 1.74. The standard InChI is InChI=1S/C10H10F3N/c1-5-2-6-7(4-14-5)8(11)3-9(12)10(6)13/h3,5,14H,2,4H2,1H3. The lowest BCUT2D eigenvalue weighted by Gasteiger charge is -2.23. The van der Waals surface area contributed by atoms with Crippen molar-refractivity contribution in [2.24, 2.45) is 0 Å². The van der Waals surface area contributed by atoms with Gasteiger partial charge in [0.15, 0.2) is 11.6 Å². The summed E-state index contributed by atoms with van der Waals surface area (Å²) in [4.78, 5) is 0. The van der Waals surface area contributed by atoms with Crippen LogP contribution in [-0.4, -0.2) is 6.04 Å². The molecule has 0 spiro atoms. The van der Waals surface area contributed by atoms with Crippen molar-refractivity contribution >= 4 is 0 Å². The number of rotatable bonds is 0. The Morgan fingerprint density at radius 3 is 2.64 bits per heavy atom. The molecule has 4 heteroatoms. The van der Waals surface area contributed by atoms with Gasteiger partial charge >= 0.3 is 0 Å². The Labute approximate surface area is 79.9 Å². The number of halogens is 3. The van der Waals surface area contributed by atoms with Gasteiger partial charge in [0.05, 0.1) is 0 Å². The Bertz CT molecular complexity index is 376. The third-order valence-electron chi connectivity index (χ3n) is 2.52. The van der Waals surface area contributed by atoms with Crippen LogP contribution in [0.3, 0.4) is 0 Å². The molecule has 0 saturated heterocycles. The molecule has 0 bridgehead atoms. The maximum Gasteiger partial charge on any atom is 0.162 e. The summed E-state index contributed by atoms with van der Waals surface area (Å²) in [6.45, 7) is 2.12. The first-order chi connectivity index (χ1) is 6.59. The molecule has 1 aromatic rings. The first-order valence-corrected chi connectivity index (χ1v) is 4.48. The van der Waals surface area contributed by atoms with Crippen LogP contribution in [0.4, 0.5) is 13.2 Å². The minimum atomic E-state index is -1.10. The van der Waals surface area contributed by atoms with E-state index in [1.165, 1.54) is 0 Å². The summed E-state index contributed by atoms with van der Waals surface area (Å²) in [5.74, 6) is -2.68. The van der Waals surface area contributed by atoms with Crippen LogP contribution < -0.4 is 5.32 Å². The van der Waals surface area contributed by atoms with E-state index in [9.17, 15) is 13.2 Å². The van der Waals surface area contributed by atoms with E-state index in [0.717, 1.165) is 0 Å². The summed E-state index contributed by atoms with van der Waals surface area (Å²) >= 11 is 0. The van der Waals surface area contributed by atoms with Gasteiger partial charge in [0.2, 0.25) is 0 Å². The molecule has 1 aliphatic heterocycles. The SMILES string of the molecule is CC1Cc2c(F)c(F)cc(F)c2CN1. The van der Waals surface area contributed by atoms with Crippen LogP contribution in [-0.2, 0) is 13.0 Å². The topological polar surface area (TPSA) is 12.0 Å². The summed E-state index contributed by atoms with van der Waals surface area (Å²) < 4.78 is 39.3. The largest absolute Gasteiger partial charge is 0.310 e. The van der Waals surface area contributed by atoms with Crippen LogP contribution in [0.15, 0.2) is 6.07 Å². The van der Waals surface area contributed by atoms with Crippen LogP contribution in [0.25, 0.3) is 0 Å². The van der Waals surface area contributed by atoms with Crippen molar-refractivity contribution in [3.05, 3.63) is 34.6 Å². The quantitative estimate of drug-likeness (QED) is 0.634. The van der Waals surface area contributed by atoms with Gasteiger partial charge < -0.3 is 5.32 Å². The molecule has 0 saturated carbocycles. The number of hydrogen-bond donors (Lipinski definition) is 1. The second kappa shape index (κ2) is 3.28. The normalized spacial score (nSPS) is 20.7. The van der Waals surface area contributed by atoms with Gasteiger partial charge in [-0.1, -0.05) is 0 Å². The smallest absolute Gasteiger partial charge is 0.162 e. The highest BCUT2D eigenvalue weighted by molar-refractivity contribution is 5.33. The zero-order valence-electron chi connectivity index (χ0n) is 7.70. The zero-order chi connectivity index (χ0) is 10.3. The van der Waals surface area contributed by atoms with E-state index in [-0.39, 0.29) is 23.7 Å². The molecule has 1 nitrogen and oxygen atoms in total. The average molecular weight is 201 g/mol. The molecule has 2 rings (SSSR count). The molecule has 0 amide bonds. The molecule has 0 aliphatic carbocycles. The van der Waals surface area contributed by atoms with Crippen molar-refractivity contribution < 1.29 is 13.2 Å². The first kappa shape index (κ1) is 9.52. The summed E-state index contributed by atoms with van der Waals surface area (Å²) in [6.07, 6.45) is 0.329. The number of benzene rings is 1. The Morgan fingerprint density at radius 1 is 1.21 bits per heavy atom. The maximum absolute atomic E-state index is 13.3. The van der Waals surface area contributed by atoms with Crippen LogP contribution in [0, 0.1) is 17.5 Å². The third-order valence-corrected chi connectivity index (χ3v) is 2.52. The van der Waals surface area contributed by atoms with E-state index in [1.54, 1.807) is 0 Å². The second-order valence-electron chi connectivity index (χ2n) is 3.60. The molecule has 76 valence electrons. The predicted octanol–water partition coefficient (Wildman–Crippen LogP) is 2.14. The van der Waals surface area contributed by atoms with E-state index in [2.05, 4.69) is 5.32 Å². The van der Waals surface area contributed by atoms with Gasteiger partial charge in [0, 0.05) is 24.2 Å². The predicted molar refractivity (Wildman–Crippen MR) is 46.3 cm³/mol. The van der Waals surface area contributed by atoms with Gasteiger partial charge in [0.25, 0.3) is 0 Å². The molecule has 14 heavy (non-hydrogen) atoms. The van der Waals surface area contributed by atoms with Crippen molar-refractivity contribution in [2.45, 2.75) is 25.9 Å². The fraction of sp³-hybridized carbons (Fsp3) is 0.400. The summed E-state index contributed by atoms with van der Waals surface area (Å²) in [5, 5.41) is 3.00. The lowest BCUT2D eigenvalue weighted by atomic mass is 9.95. The van der Waals surface area contributed by atoms with Crippen molar-refractivity contribution in [2.75, 3.05) is 0 Å². The highest BCUT2D eigenvalue weighted by Gasteiger charge is 2.23. The summed E-state index contributed by atoms with van der Waals surface area (Å²) in [5.41, 5.74) is 0.427. The van der Waals surface area contributed by atoms with Crippen LogP contribution in [0.1, 0.15) is 18.1 Å². The molecule has 1 heterocycles. The Hall–Kier alpha value is -1.03. The lowest BCUT2D eigenvalue weighted by Crippen LogP contribution is -2.34. The monoisotopic (exact) mass is 201 g/mol. The van der Waals surface area contributed by atoms with Crippen molar-refractivity contribution in [3.63, 3.8) is 0 Å². The van der Waals surface area contributed by atoms with Crippen LogP contribution in [0.5, 0.6) is 0 Å². The molecular weight excluding hydrogens is 191 g/mol. The third kappa shape index (κ3) is 1.39. The minimum Gasteiger partial charge on any atom is -0.310 e. The highest BCUT2D eigenvalue weighted by atomic mass is 19.2. The van der Waals surface area contributed by atoms with Crippen molar-refractivity contribution in [1.29, 1.82) is 0 Å². The molecule has 1 unspecified atom stereocenters. The van der Waals surface area contributed by atoms with Crippen LogP contribution in [0.2, 0.25) is 0 Å². The maximum atomic E-state index is 13.3. The van der Waals surface area contributed by atoms with E-state index in [0.29, 0.717) is 12.5 Å². The highest BCUT2D eigenvalue weighted by Crippen LogP contribution is 2.24. The zero-order valence-corrected chi connectivity index (χ0v) is 7.70. The van der Waals surface area contributed by atoms with Gasteiger partial charge in [-0.2, -0.15) is 0 Å². The van der Waals surface area contributed by atoms with Crippen molar-refractivity contribution in [1.82, 2.24) is 5.32 Å². The van der Waals surface area contributed by atoms with Gasteiger partial charge in [-0.3, -0.25) is 0 Å². The number of fused-ring (bicyclic) bond motifs is 1. The molecule has 1 atom stereocenters. The van der Waals surface area contributed by atoms with Crippen LogP contribution >= 0.6 is 0 Å². The first-order valence-electron chi connectivity index (χ1n) is 4.48. The van der Waals surface area contributed by atoms with Gasteiger partial charge in [-0.25, -0.2) is 13.2 Å². The van der Waals surface area contributed by atoms with Gasteiger partial charge in [-0.05, 0) is 18.9 Å². The molecule has 0 fully saturated rings. The number of hydrogen-bond acceptors (Lipinski definition) is 1. The van der Waals surface area contributed by atoms with Gasteiger partial charge in [0.1, 0.15) is 5.82 Å². The Kier molecular flexibility index (Phi) is 2.23. The molecule has 1 aromatic carbocycles.